The van der Waals surface area contributed by atoms with E-state index >= 15 is 0 Å². The Kier molecular flexibility index (Phi) is 5.98. The second-order valence-electron chi connectivity index (χ2n) is 4.78. The Labute approximate surface area is 138 Å². The number of thiophene rings is 1. The lowest BCUT2D eigenvalue weighted by atomic mass is 10.2. The molecule has 1 heterocycles. The number of rotatable bonds is 6. The molecule has 1 amide bonds. The second kappa shape index (κ2) is 7.96. The van der Waals surface area contributed by atoms with Gasteiger partial charge in [-0.3, -0.25) is 9.59 Å². The summed E-state index contributed by atoms with van der Waals surface area (Å²) in [5.41, 5.74) is 1.61. The number of aryl methyl sites for hydroxylation is 1. The van der Waals surface area contributed by atoms with Crippen molar-refractivity contribution in [1.82, 2.24) is 5.32 Å². The molecule has 0 atom stereocenters. The van der Waals surface area contributed by atoms with Crippen molar-refractivity contribution in [3.8, 4) is 5.75 Å². The topological polar surface area (TPSA) is 55.4 Å². The highest BCUT2D eigenvalue weighted by molar-refractivity contribution is 7.08. The Hall–Kier alpha value is -1.85. The van der Waals surface area contributed by atoms with Crippen LogP contribution >= 0.6 is 22.9 Å². The monoisotopic (exact) mass is 337 g/mol. The van der Waals surface area contributed by atoms with E-state index < -0.39 is 0 Å². The van der Waals surface area contributed by atoms with Crippen LogP contribution in [0.25, 0.3) is 0 Å². The zero-order chi connectivity index (χ0) is 15.9. The van der Waals surface area contributed by atoms with Crippen molar-refractivity contribution < 1.29 is 14.3 Å². The molecule has 6 heteroatoms. The first kappa shape index (κ1) is 16.5. The molecule has 0 saturated carbocycles. The summed E-state index contributed by atoms with van der Waals surface area (Å²) in [7, 11) is 0. The quantitative estimate of drug-likeness (QED) is 0.495. The third kappa shape index (κ3) is 4.86. The summed E-state index contributed by atoms with van der Waals surface area (Å²) >= 11 is 7.44. The number of ether oxygens (including phenoxy) is 1. The summed E-state index contributed by atoms with van der Waals surface area (Å²) in [6.45, 7) is 2.32. The number of halogens is 1. The first-order valence-corrected chi connectivity index (χ1v) is 8.15. The number of hydrogen-bond donors (Lipinski definition) is 1. The summed E-state index contributed by atoms with van der Waals surface area (Å²) in [5, 5.41) is 6.79. The standard InChI is InChI=1S/C16H16ClNO3S/c1-11-4-5-13(17)14(9-11)21-15(19)3-2-7-18-16(20)12-6-8-22-10-12/h4-6,8-10H,2-3,7H2,1H3,(H,18,20). The van der Waals surface area contributed by atoms with Crippen molar-refractivity contribution in [3.05, 3.63) is 51.2 Å². The van der Waals surface area contributed by atoms with E-state index in [2.05, 4.69) is 5.32 Å². The van der Waals surface area contributed by atoms with Crippen molar-refractivity contribution in [2.24, 2.45) is 0 Å². The molecule has 0 unspecified atom stereocenters. The number of benzene rings is 1. The zero-order valence-corrected chi connectivity index (χ0v) is 13.7. The number of nitrogens with one attached hydrogen (secondary N) is 1. The first-order valence-electron chi connectivity index (χ1n) is 6.83. The molecule has 22 heavy (non-hydrogen) atoms. The summed E-state index contributed by atoms with van der Waals surface area (Å²) in [4.78, 5) is 23.4. The lowest BCUT2D eigenvalue weighted by Gasteiger charge is -2.07. The van der Waals surface area contributed by atoms with E-state index in [-0.39, 0.29) is 18.3 Å². The molecule has 0 aliphatic rings. The molecular formula is C16H16ClNO3S. The Morgan fingerprint density at radius 3 is 2.86 bits per heavy atom. The lowest BCUT2D eigenvalue weighted by Crippen LogP contribution is -2.24. The van der Waals surface area contributed by atoms with Gasteiger partial charge < -0.3 is 10.1 Å². The van der Waals surface area contributed by atoms with Gasteiger partial charge in [-0.25, -0.2) is 0 Å². The predicted octanol–water partition coefficient (Wildman–Crippen LogP) is 3.83. The highest BCUT2D eigenvalue weighted by Gasteiger charge is 2.09. The Bertz CT molecular complexity index is 655. The van der Waals surface area contributed by atoms with E-state index in [1.807, 2.05) is 18.4 Å². The number of carbonyl (C=O) groups is 2. The van der Waals surface area contributed by atoms with Crippen LogP contribution in [0.1, 0.15) is 28.8 Å². The molecule has 0 spiro atoms. The molecular weight excluding hydrogens is 322 g/mol. The van der Waals surface area contributed by atoms with Gasteiger partial charge in [0.15, 0.2) is 0 Å². The number of amides is 1. The fourth-order valence-electron chi connectivity index (χ4n) is 1.79. The van der Waals surface area contributed by atoms with Crippen LogP contribution in [0.3, 0.4) is 0 Å². The van der Waals surface area contributed by atoms with Crippen molar-refractivity contribution in [2.75, 3.05) is 6.54 Å². The van der Waals surface area contributed by atoms with Gasteiger partial charge in [0.2, 0.25) is 0 Å². The van der Waals surface area contributed by atoms with Gasteiger partial charge in [-0.15, -0.1) is 0 Å². The van der Waals surface area contributed by atoms with Crippen LogP contribution in [0.2, 0.25) is 5.02 Å². The second-order valence-corrected chi connectivity index (χ2v) is 5.97. The molecule has 0 aliphatic carbocycles. The fourth-order valence-corrected chi connectivity index (χ4v) is 2.58. The fraction of sp³-hybridized carbons (Fsp3) is 0.250. The van der Waals surface area contributed by atoms with Crippen molar-refractivity contribution in [3.63, 3.8) is 0 Å². The van der Waals surface area contributed by atoms with Gasteiger partial charge in [0.1, 0.15) is 5.75 Å². The molecule has 116 valence electrons. The van der Waals surface area contributed by atoms with E-state index in [4.69, 9.17) is 16.3 Å². The van der Waals surface area contributed by atoms with Crippen molar-refractivity contribution >= 4 is 34.8 Å². The first-order chi connectivity index (χ1) is 10.6. The van der Waals surface area contributed by atoms with E-state index in [1.165, 1.54) is 11.3 Å². The summed E-state index contributed by atoms with van der Waals surface area (Å²) < 4.78 is 5.22. The maximum absolute atomic E-state index is 11.8. The summed E-state index contributed by atoms with van der Waals surface area (Å²) in [5.74, 6) is -0.123. The molecule has 1 aromatic carbocycles. The van der Waals surface area contributed by atoms with Crippen LogP contribution in [0.5, 0.6) is 5.75 Å². The number of esters is 1. The van der Waals surface area contributed by atoms with E-state index in [9.17, 15) is 9.59 Å². The zero-order valence-electron chi connectivity index (χ0n) is 12.1. The normalized spacial score (nSPS) is 10.3. The van der Waals surface area contributed by atoms with E-state index in [1.54, 1.807) is 23.6 Å². The average molecular weight is 338 g/mol. The smallest absolute Gasteiger partial charge is 0.311 e. The van der Waals surface area contributed by atoms with Gasteiger partial charge >= 0.3 is 5.97 Å². The molecule has 1 aromatic heterocycles. The molecule has 1 N–H and O–H groups in total. The van der Waals surface area contributed by atoms with Crippen LogP contribution in [-0.2, 0) is 4.79 Å². The molecule has 0 bridgehead atoms. The lowest BCUT2D eigenvalue weighted by molar-refractivity contribution is -0.134. The molecule has 4 nitrogen and oxygen atoms in total. The van der Waals surface area contributed by atoms with Crippen LogP contribution in [0.4, 0.5) is 0 Å². The summed E-state index contributed by atoms with van der Waals surface area (Å²) in [6, 6.07) is 7.02. The van der Waals surface area contributed by atoms with Gasteiger partial charge in [-0.2, -0.15) is 11.3 Å². The van der Waals surface area contributed by atoms with Crippen LogP contribution in [-0.4, -0.2) is 18.4 Å². The highest BCUT2D eigenvalue weighted by atomic mass is 35.5. The third-order valence-electron chi connectivity index (χ3n) is 2.94. The molecule has 0 fully saturated rings. The molecule has 2 rings (SSSR count). The maximum Gasteiger partial charge on any atom is 0.311 e. The SMILES string of the molecule is Cc1ccc(Cl)c(OC(=O)CCCNC(=O)c2ccsc2)c1. The molecule has 0 radical (unpaired) electrons. The molecule has 2 aromatic rings. The largest absolute Gasteiger partial charge is 0.425 e. The maximum atomic E-state index is 11.8. The minimum atomic E-state index is -0.364. The average Bonchev–Trinajstić information content (AvgIpc) is 3.01. The van der Waals surface area contributed by atoms with Gasteiger partial charge in [-0.1, -0.05) is 17.7 Å². The Balaban J connectivity index is 1.72. The predicted molar refractivity (Wildman–Crippen MR) is 87.7 cm³/mol. The van der Waals surface area contributed by atoms with E-state index in [0.717, 1.165) is 5.56 Å². The van der Waals surface area contributed by atoms with Crippen molar-refractivity contribution in [1.29, 1.82) is 0 Å². The van der Waals surface area contributed by atoms with Gasteiger partial charge in [0.05, 0.1) is 5.02 Å². The van der Waals surface area contributed by atoms with E-state index in [0.29, 0.717) is 29.3 Å². The van der Waals surface area contributed by atoms with Crippen LogP contribution in [0.15, 0.2) is 35.0 Å². The number of hydrogen-bond acceptors (Lipinski definition) is 4. The molecule has 0 saturated heterocycles. The van der Waals surface area contributed by atoms with Gasteiger partial charge in [-0.05, 0) is 42.5 Å². The molecule has 0 aliphatic heterocycles. The highest BCUT2D eigenvalue weighted by Crippen LogP contribution is 2.25. The van der Waals surface area contributed by atoms with Crippen molar-refractivity contribution in [2.45, 2.75) is 19.8 Å². The van der Waals surface area contributed by atoms with Gasteiger partial charge in [0.25, 0.3) is 5.91 Å². The minimum absolute atomic E-state index is 0.128. The summed E-state index contributed by atoms with van der Waals surface area (Å²) in [6.07, 6.45) is 0.729. The minimum Gasteiger partial charge on any atom is -0.425 e. The Morgan fingerprint density at radius 1 is 1.32 bits per heavy atom. The van der Waals surface area contributed by atoms with Crippen LogP contribution < -0.4 is 10.1 Å². The van der Waals surface area contributed by atoms with Crippen LogP contribution in [0, 0.1) is 6.92 Å². The Morgan fingerprint density at radius 2 is 2.14 bits per heavy atom. The number of carbonyl (C=O) groups excluding carboxylic acids is 2. The third-order valence-corrected chi connectivity index (χ3v) is 3.93. The van der Waals surface area contributed by atoms with Gasteiger partial charge in [0, 0.05) is 23.9 Å².